The second kappa shape index (κ2) is 7.92. The number of methoxy groups -OCH3 is 1. The van der Waals surface area contributed by atoms with Gasteiger partial charge in [0.2, 0.25) is 0 Å². The number of hydrazine groups is 1. The lowest BCUT2D eigenvalue weighted by molar-refractivity contribution is -0.0113. The van der Waals surface area contributed by atoms with Crippen molar-refractivity contribution in [3.63, 3.8) is 0 Å². The summed E-state index contributed by atoms with van der Waals surface area (Å²) in [6, 6.07) is 2.60. The Labute approximate surface area is 129 Å². The van der Waals surface area contributed by atoms with Gasteiger partial charge < -0.3 is 4.74 Å². The van der Waals surface area contributed by atoms with Crippen molar-refractivity contribution in [1.82, 2.24) is 15.2 Å². The standard InChI is InChI=1S/C16H32N4O/c1-7-13(8-2)20-10-9-12(19-20)11-14(18-17)15(21-6)16(3,4)5/h9-10,13-15,18H,7-8,11,17H2,1-6H3. The maximum atomic E-state index is 5.75. The summed E-state index contributed by atoms with van der Waals surface area (Å²) in [6.45, 7) is 10.9. The first-order valence-electron chi connectivity index (χ1n) is 7.90. The van der Waals surface area contributed by atoms with Crippen molar-refractivity contribution in [2.75, 3.05) is 7.11 Å². The molecule has 0 radical (unpaired) electrons. The smallest absolute Gasteiger partial charge is 0.0789 e. The second-order valence-electron chi connectivity index (χ2n) is 6.76. The van der Waals surface area contributed by atoms with Crippen LogP contribution < -0.4 is 11.3 Å². The molecule has 3 N–H and O–H groups in total. The van der Waals surface area contributed by atoms with Crippen molar-refractivity contribution in [2.45, 2.75) is 72.1 Å². The van der Waals surface area contributed by atoms with E-state index < -0.39 is 0 Å². The summed E-state index contributed by atoms with van der Waals surface area (Å²) in [7, 11) is 1.74. The summed E-state index contributed by atoms with van der Waals surface area (Å²) in [5, 5.41) is 4.70. The Morgan fingerprint density at radius 2 is 1.95 bits per heavy atom. The maximum absolute atomic E-state index is 5.75. The molecule has 0 aliphatic heterocycles. The minimum absolute atomic E-state index is 0.0176. The van der Waals surface area contributed by atoms with Gasteiger partial charge in [0, 0.05) is 19.7 Å². The van der Waals surface area contributed by atoms with E-state index in [0.717, 1.165) is 25.0 Å². The molecule has 1 aromatic rings. The van der Waals surface area contributed by atoms with Crippen molar-refractivity contribution in [3.8, 4) is 0 Å². The molecule has 0 amide bonds. The van der Waals surface area contributed by atoms with E-state index in [1.165, 1.54) is 0 Å². The van der Waals surface area contributed by atoms with Gasteiger partial charge in [-0.05, 0) is 24.3 Å². The number of nitrogens with two attached hydrogens (primary N) is 1. The van der Waals surface area contributed by atoms with Gasteiger partial charge >= 0.3 is 0 Å². The number of ether oxygens (including phenoxy) is 1. The minimum atomic E-state index is 0.0176. The molecule has 1 rings (SSSR count). The lowest BCUT2D eigenvalue weighted by atomic mass is 9.83. The van der Waals surface area contributed by atoms with Crippen molar-refractivity contribution >= 4 is 0 Å². The molecule has 122 valence electrons. The molecule has 2 unspecified atom stereocenters. The molecule has 0 saturated heterocycles. The van der Waals surface area contributed by atoms with E-state index >= 15 is 0 Å². The fourth-order valence-electron chi connectivity index (χ4n) is 2.95. The molecule has 0 aliphatic carbocycles. The molecule has 0 spiro atoms. The third-order valence-corrected chi connectivity index (χ3v) is 4.10. The molecule has 5 nitrogen and oxygen atoms in total. The second-order valence-corrected chi connectivity index (χ2v) is 6.76. The average molecular weight is 296 g/mol. The Balaban J connectivity index is 2.82. The van der Waals surface area contributed by atoms with E-state index in [-0.39, 0.29) is 17.6 Å². The Kier molecular flexibility index (Phi) is 6.84. The molecule has 1 aromatic heterocycles. The molecule has 0 fully saturated rings. The number of hydrogen-bond donors (Lipinski definition) is 2. The van der Waals surface area contributed by atoms with Crippen LogP contribution in [-0.2, 0) is 11.2 Å². The molecule has 0 aliphatic rings. The lowest BCUT2D eigenvalue weighted by Crippen LogP contribution is -2.51. The Bertz CT molecular complexity index is 407. The molecule has 1 heterocycles. The molecule has 0 saturated carbocycles. The molecule has 0 aromatic carbocycles. The lowest BCUT2D eigenvalue weighted by Gasteiger charge is -2.35. The summed E-state index contributed by atoms with van der Waals surface area (Å²) in [4.78, 5) is 0. The summed E-state index contributed by atoms with van der Waals surface area (Å²) in [5.74, 6) is 5.75. The number of nitrogens with one attached hydrogen (secondary N) is 1. The molecular formula is C16H32N4O. The minimum Gasteiger partial charge on any atom is -0.379 e. The SMILES string of the molecule is CCC(CC)n1ccc(CC(NN)C(OC)C(C)(C)C)n1. The first-order chi connectivity index (χ1) is 9.87. The number of nitrogens with zero attached hydrogens (tertiary/aromatic N) is 2. The van der Waals surface area contributed by atoms with Gasteiger partial charge in [-0.15, -0.1) is 0 Å². The van der Waals surface area contributed by atoms with Gasteiger partial charge in [0.15, 0.2) is 0 Å². The number of hydrogen-bond acceptors (Lipinski definition) is 4. The van der Waals surface area contributed by atoms with Crippen molar-refractivity contribution < 1.29 is 4.74 Å². The third kappa shape index (κ3) is 4.80. The van der Waals surface area contributed by atoms with E-state index in [4.69, 9.17) is 15.7 Å². The molecule has 21 heavy (non-hydrogen) atoms. The van der Waals surface area contributed by atoms with Gasteiger partial charge in [-0.1, -0.05) is 34.6 Å². The third-order valence-electron chi connectivity index (χ3n) is 4.10. The van der Waals surface area contributed by atoms with Crippen molar-refractivity contribution in [3.05, 3.63) is 18.0 Å². The van der Waals surface area contributed by atoms with E-state index in [9.17, 15) is 0 Å². The van der Waals surface area contributed by atoms with Crippen LogP contribution in [0, 0.1) is 5.41 Å². The highest BCUT2D eigenvalue weighted by Crippen LogP contribution is 2.26. The highest BCUT2D eigenvalue weighted by atomic mass is 16.5. The van der Waals surface area contributed by atoms with E-state index in [0.29, 0.717) is 6.04 Å². The summed E-state index contributed by atoms with van der Waals surface area (Å²) in [6.07, 6.45) is 5.05. The van der Waals surface area contributed by atoms with Gasteiger partial charge in [-0.2, -0.15) is 5.10 Å². The zero-order chi connectivity index (χ0) is 16.0. The predicted molar refractivity (Wildman–Crippen MR) is 86.9 cm³/mol. The van der Waals surface area contributed by atoms with Crippen LogP contribution in [0.4, 0.5) is 0 Å². The zero-order valence-corrected chi connectivity index (χ0v) is 14.4. The summed E-state index contributed by atoms with van der Waals surface area (Å²) >= 11 is 0. The monoisotopic (exact) mass is 296 g/mol. The normalized spacial score (nSPS) is 15.4. The van der Waals surface area contributed by atoms with Gasteiger partial charge in [0.25, 0.3) is 0 Å². The molecule has 0 bridgehead atoms. The van der Waals surface area contributed by atoms with Crippen LogP contribution in [0.5, 0.6) is 0 Å². The highest BCUT2D eigenvalue weighted by Gasteiger charge is 2.32. The molecular weight excluding hydrogens is 264 g/mol. The van der Waals surface area contributed by atoms with Gasteiger partial charge in [-0.25, -0.2) is 0 Å². The predicted octanol–water partition coefficient (Wildman–Crippen LogP) is 2.68. The Hall–Kier alpha value is -0.910. The van der Waals surface area contributed by atoms with Crippen LogP contribution in [0.25, 0.3) is 0 Å². The summed E-state index contributed by atoms with van der Waals surface area (Å²) in [5.41, 5.74) is 3.97. The van der Waals surface area contributed by atoms with Crippen LogP contribution in [0.3, 0.4) is 0 Å². The fraction of sp³-hybridized carbons (Fsp3) is 0.812. The van der Waals surface area contributed by atoms with Crippen LogP contribution in [0.1, 0.15) is 59.2 Å². The van der Waals surface area contributed by atoms with Crippen LogP contribution in [-0.4, -0.2) is 29.0 Å². The quantitative estimate of drug-likeness (QED) is 0.572. The number of aromatic nitrogens is 2. The first kappa shape index (κ1) is 18.1. The average Bonchev–Trinajstić information content (AvgIpc) is 2.86. The van der Waals surface area contributed by atoms with Gasteiger partial charge in [0.05, 0.1) is 23.9 Å². The van der Waals surface area contributed by atoms with Crippen LogP contribution >= 0.6 is 0 Å². The van der Waals surface area contributed by atoms with Crippen molar-refractivity contribution in [1.29, 1.82) is 0 Å². The number of rotatable bonds is 8. The zero-order valence-electron chi connectivity index (χ0n) is 14.4. The summed E-state index contributed by atoms with van der Waals surface area (Å²) < 4.78 is 7.73. The van der Waals surface area contributed by atoms with E-state index in [1.807, 2.05) is 0 Å². The molecule has 5 heteroatoms. The molecule has 2 atom stereocenters. The van der Waals surface area contributed by atoms with Crippen LogP contribution in [0.2, 0.25) is 0 Å². The van der Waals surface area contributed by atoms with Crippen molar-refractivity contribution in [2.24, 2.45) is 11.3 Å². The fourth-order valence-corrected chi connectivity index (χ4v) is 2.95. The van der Waals surface area contributed by atoms with E-state index in [1.54, 1.807) is 7.11 Å². The highest BCUT2D eigenvalue weighted by molar-refractivity contribution is 5.04. The van der Waals surface area contributed by atoms with Gasteiger partial charge in [-0.3, -0.25) is 16.0 Å². The maximum Gasteiger partial charge on any atom is 0.0789 e. The van der Waals surface area contributed by atoms with Gasteiger partial charge in [0.1, 0.15) is 0 Å². The first-order valence-corrected chi connectivity index (χ1v) is 7.90. The largest absolute Gasteiger partial charge is 0.379 e. The topological polar surface area (TPSA) is 65.1 Å². The Morgan fingerprint density at radius 1 is 1.33 bits per heavy atom. The van der Waals surface area contributed by atoms with E-state index in [2.05, 4.69) is 57.0 Å². The Morgan fingerprint density at radius 3 is 2.38 bits per heavy atom. The van der Waals surface area contributed by atoms with Crippen LogP contribution in [0.15, 0.2) is 12.3 Å².